The quantitative estimate of drug-likeness (QED) is 0.237. The number of pyridine rings is 1. The van der Waals surface area contributed by atoms with Gasteiger partial charge in [-0.25, -0.2) is 0 Å². The number of hydrogen-bond donors (Lipinski definition) is 0. The van der Waals surface area contributed by atoms with Crippen LogP contribution in [0, 0.1) is 11.3 Å². The minimum absolute atomic E-state index is 0.548. The van der Waals surface area contributed by atoms with Crippen LogP contribution in [0.4, 0.5) is 0 Å². The van der Waals surface area contributed by atoms with E-state index in [1.54, 1.807) is 12.4 Å². The maximum atomic E-state index is 9.37. The van der Waals surface area contributed by atoms with E-state index in [9.17, 15) is 5.26 Å². The second-order valence-corrected chi connectivity index (χ2v) is 9.96. The van der Waals surface area contributed by atoms with Crippen molar-refractivity contribution in [3.8, 4) is 34.0 Å². The topological polar surface area (TPSA) is 54.8 Å². The molecule has 0 atom stereocenters. The molecule has 8 aromatic rings. The Bertz CT molecular complexity index is 2300. The summed E-state index contributed by atoms with van der Waals surface area (Å²) in [7, 11) is 0. The van der Waals surface area contributed by atoms with E-state index >= 15 is 0 Å². The van der Waals surface area contributed by atoms with Gasteiger partial charge in [-0.2, -0.15) is 5.26 Å². The normalized spacial score (nSPS) is 11.5. The van der Waals surface area contributed by atoms with Crippen LogP contribution in [0.5, 0.6) is 0 Å². The zero-order valence-corrected chi connectivity index (χ0v) is 21.4. The van der Waals surface area contributed by atoms with Crippen molar-refractivity contribution < 1.29 is 4.42 Å². The number of aromatic nitrogens is 2. The van der Waals surface area contributed by atoms with Gasteiger partial charge in [0.15, 0.2) is 0 Å². The van der Waals surface area contributed by atoms with Crippen molar-refractivity contribution >= 4 is 43.7 Å². The fourth-order valence-corrected chi connectivity index (χ4v) is 5.97. The van der Waals surface area contributed by atoms with Gasteiger partial charge in [-0.3, -0.25) is 4.98 Å². The standard InChI is InChI=1S/C36H21N3O/c37-20-23-18-26(22-38-21-23)24-8-7-9-25(19-24)27-10-1-4-13-30(27)39-31-14-5-2-11-28(31)35-32(39)16-17-34-36(35)29-12-3-6-15-33(29)40-34/h1-19,21-22H. The van der Waals surface area contributed by atoms with Crippen molar-refractivity contribution in [1.82, 2.24) is 9.55 Å². The Kier molecular flexibility index (Phi) is 4.85. The number of hydrogen-bond acceptors (Lipinski definition) is 3. The third-order valence-electron chi connectivity index (χ3n) is 7.70. The van der Waals surface area contributed by atoms with E-state index in [-0.39, 0.29) is 0 Å². The fourth-order valence-electron chi connectivity index (χ4n) is 5.97. The highest BCUT2D eigenvalue weighted by Crippen LogP contribution is 2.42. The maximum absolute atomic E-state index is 9.37. The predicted octanol–water partition coefficient (Wildman–Crippen LogP) is 9.28. The number of benzene rings is 5. The largest absolute Gasteiger partial charge is 0.456 e. The van der Waals surface area contributed by atoms with Crippen molar-refractivity contribution in [1.29, 1.82) is 5.26 Å². The number of fused-ring (bicyclic) bond motifs is 7. The SMILES string of the molecule is N#Cc1cncc(-c2cccc(-c3ccccc3-n3c4ccccc4c4c5c(ccc43)oc3ccccc35)c2)c1. The molecule has 0 bridgehead atoms. The van der Waals surface area contributed by atoms with Gasteiger partial charge in [0, 0.05) is 45.1 Å². The molecule has 186 valence electrons. The number of rotatable bonds is 3. The Balaban J connectivity index is 1.41. The van der Waals surface area contributed by atoms with Crippen LogP contribution >= 0.6 is 0 Å². The molecule has 0 aliphatic rings. The van der Waals surface area contributed by atoms with Gasteiger partial charge in [0.1, 0.15) is 17.2 Å². The summed E-state index contributed by atoms with van der Waals surface area (Å²) in [4.78, 5) is 4.27. The van der Waals surface area contributed by atoms with Gasteiger partial charge >= 0.3 is 0 Å². The summed E-state index contributed by atoms with van der Waals surface area (Å²) in [5, 5.41) is 14.0. The lowest BCUT2D eigenvalue weighted by atomic mass is 9.98. The molecule has 0 radical (unpaired) electrons. The van der Waals surface area contributed by atoms with Crippen LogP contribution in [-0.4, -0.2) is 9.55 Å². The molecule has 3 heterocycles. The number of nitrogens with zero attached hydrogens (tertiary/aromatic N) is 3. The fraction of sp³-hybridized carbons (Fsp3) is 0. The summed E-state index contributed by atoms with van der Waals surface area (Å²) in [6.07, 6.45) is 3.39. The first-order valence-corrected chi connectivity index (χ1v) is 13.2. The summed E-state index contributed by atoms with van der Waals surface area (Å²) in [6.45, 7) is 0. The zero-order chi connectivity index (χ0) is 26.6. The van der Waals surface area contributed by atoms with Gasteiger partial charge in [0.2, 0.25) is 0 Å². The predicted molar refractivity (Wildman–Crippen MR) is 161 cm³/mol. The van der Waals surface area contributed by atoms with Gasteiger partial charge in [-0.1, -0.05) is 72.8 Å². The molecular formula is C36H21N3O. The molecule has 0 aliphatic carbocycles. The molecule has 0 saturated carbocycles. The second kappa shape index (κ2) is 8.69. The third-order valence-corrected chi connectivity index (χ3v) is 7.70. The highest BCUT2D eigenvalue weighted by Gasteiger charge is 2.20. The monoisotopic (exact) mass is 511 g/mol. The summed E-state index contributed by atoms with van der Waals surface area (Å²) in [5.74, 6) is 0. The molecular weight excluding hydrogens is 490 g/mol. The lowest BCUT2D eigenvalue weighted by molar-refractivity contribution is 0.669. The molecule has 0 amide bonds. The molecule has 40 heavy (non-hydrogen) atoms. The number of nitriles is 1. The molecule has 0 saturated heterocycles. The van der Waals surface area contributed by atoms with Crippen molar-refractivity contribution in [2.75, 3.05) is 0 Å². The summed E-state index contributed by atoms with van der Waals surface area (Å²) >= 11 is 0. The van der Waals surface area contributed by atoms with Crippen LogP contribution < -0.4 is 0 Å². The zero-order valence-electron chi connectivity index (χ0n) is 21.4. The summed E-state index contributed by atoms with van der Waals surface area (Å²) in [6, 6.07) is 42.2. The van der Waals surface area contributed by atoms with E-state index in [0.29, 0.717) is 5.56 Å². The van der Waals surface area contributed by atoms with E-state index < -0.39 is 0 Å². The minimum Gasteiger partial charge on any atom is -0.456 e. The first kappa shape index (κ1) is 22.3. The smallest absolute Gasteiger partial charge is 0.136 e. The molecule has 4 nitrogen and oxygen atoms in total. The first-order valence-electron chi connectivity index (χ1n) is 13.2. The van der Waals surface area contributed by atoms with Crippen molar-refractivity contribution in [3.63, 3.8) is 0 Å². The van der Waals surface area contributed by atoms with E-state index in [1.807, 2.05) is 18.2 Å². The maximum Gasteiger partial charge on any atom is 0.136 e. The van der Waals surface area contributed by atoms with E-state index in [4.69, 9.17) is 4.42 Å². The Morgan fingerprint density at radius 3 is 2.33 bits per heavy atom. The minimum atomic E-state index is 0.548. The Morgan fingerprint density at radius 1 is 0.600 bits per heavy atom. The van der Waals surface area contributed by atoms with Crippen molar-refractivity contribution in [2.45, 2.75) is 0 Å². The average Bonchev–Trinajstić information content (AvgIpc) is 3.56. The highest BCUT2D eigenvalue weighted by molar-refractivity contribution is 6.27. The third kappa shape index (κ3) is 3.28. The lowest BCUT2D eigenvalue weighted by Gasteiger charge is -2.15. The Hall–Kier alpha value is -5.66. The second-order valence-electron chi connectivity index (χ2n) is 9.96. The number of para-hydroxylation sites is 3. The van der Waals surface area contributed by atoms with Gasteiger partial charge in [0.25, 0.3) is 0 Å². The summed E-state index contributed by atoms with van der Waals surface area (Å²) < 4.78 is 8.62. The van der Waals surface area contributed by atoms with Gasteiger partial charge in [-0.15, -0.1) is 0 Å². The molecule has 4 heteroatoms. The molecule has 5 aromatic carbocycles. The van der Waals surface area contributed by atoms with Gasteiger partial charge in [0.05, 0.1) is 22.3 Å². The van der Waals surface area contributed by atoms with Crippen LogP contribution in [0.15, 0.2) is 132 Å². The highest BCUT2D eigenvalue weighted by atomic mass is 16.3. The molecule has 8 rings (SSSR count). The van der Waals surface area contributed by atoms with Crippen LogP contribution in [0.25, 0.3) is 71.7 Å². The van der Waals surface area contributed by atoms with Crippen LogP contribution in [0.2, 0.25) is 0 Å². The van der Waals surface area contributed by atoms with Gasteiger partial charge in [-0.05, 0) is 53.6 Å². The number of furan rings is 1. The van der Waals surface area contributed by atoms with Crippen LogP contribution in [-0.2, 0) is 0 Å². The van der Waals surface area contributed by atoms with E-state index in [1.165, 1.54) is 10.8 Å². The molecule has 0 aliphatic heterocycles. The van der Waals surface area contributed by atoms with E-state index in [0.717, 1.165) is 60.9 Å². The molecule has 0 fully saturated rings. The molecule has 3 aromatic heterocycles. The lowest BCUT2D eigenvalue weighted by Crippen LogP contribution is -1.97. The molecule has 0 unspecified atom stereocenters. The first-order chi connectivity index (χ1) is 19.8. The van der Waals surface area contributed by atoms with Gasteiger partial charge < -0.3 is 8.98 Å². The molecule has 0 spiro atoms. The summed E-state index contributed by atoms with van der Waals surface area (Å²) in [5.41, 5.74) is 9.87. The van der Waals surface area contributed by atoms with Crippen LogP contribution in [0.1, 0.15) is 5.56 Å². The van der Waals surface area contributed by atoms with Crippen molar-refractivity contribution in [3.05, 3.63) is 133 Å². The van der Waals surface area contributed by atoms with Crippen molar-refractivity contribution in [2.24, 2.45) is 0 Å². The Labute approximate surface area is 230 Å². The van der Waals surface area contributed by atoms with E-state index in [2.05, 4.69) is 113 Å². The van der Waals surface area contributed by atoms with Crippen LogP contribution in [0.3, 0.4) is 0 Å². The molecule has 0 N–H and O–H groups in total. The average molecular weight is 512 g/mol. The Morgan fingerprint density at radius 2 is 1.40 bits per heavy atom.